The third kappa shape index (κ3) is 3.66. The van der Waals surface area contributed by atoms with E-state index in [0.717, 1.165) is 12.1 Å². The third-order valence-electron chi connectivity index (χ3n) is 2.23. The molecule has 1 rings (SSSR count). The Morgan fingerprint density at radius 1 is 1.56 bits per heavy atom. The summed E-state index contributed by atoms with van der Waals surface area (Å²) >= 11 is 0. The predicted molar refractivity (Wildman–Crippen MR) is 64.1 cm³/mol. The van der Waals surface area contributed by atoms with Gasteiger partial charge in [0, 0.05) is 12.1 Å². The van der Waals surface area contributed by atoms with Crippen LogP contribution in [0, 0.1) is 5.82 Å². The van der Waals surface area contributed by atoms with Crippen LogP contribution >= 0.6 is 0 Å². The molecule has 0 aliphatic rings. The number of halogens is 1. The molecule has 0 saturated heterocycles. The number of benzene rings is 1. The average Bonchev–Trinajstić information content (AvgIpc) is 2.29. The van der Waals surface area contributed by atoms with Crippen molar-refractivity contribution in [1.82, 2.24) is 5.32 Å². The molecule has 1 aromatic rings. The van der Waals surface area contributed by atoms with Gasteiger partial charge in [-0.15, -0.1) is 0 Å². The van der Waals surface area contributed by atoms with E-state index in [2.05, 4.69) is 11.9 Å². The maximum absolute atomic E-state index is 13.1. The van der Waals surface area contributed by atoms with E-state index in [9.17, 15) is 4.39 Å². The minimum atomic E-state index is -0.244. The molecule has 0 fully saturated rings. The second kappa shape index (κ2) is 6.28. The van der Waals surface area contributed by atoms with Gasteiger partial charge in [0.15, 0.2) is 0 Å². The molecule has 0 aromatic heterocycles. The van der Waals surface area contributed by atoms with Crippen molar-refractivity contribution in [2.24, 2.45) is 0 Å². The Hall–Kier alpha value is -1.35. The summed E-state index contributed by atoms with van der Waals surface area (Å²) in [5.74, 6) is 0.459. The first-order chi connectivity index (χ1) is 7.67. The van der Waals surface area contributed by atoms with Crippen LogP contribution in [0.3, 0.4) is 0 Å². The fourth-order valence-corrected chi connectivity index (χ4v) is 1.31. The largest absolute Gasteiger partial charge is 0.486 e. The van der Waals surface area contributed by atoms with E-state index in [4.69, 9.17) is 4.74 Å². The molecule has 88 valence electrons. The van der Waals surface area contributed by atoms with Gasteiger partial charge in [-0.1, -0.05) is 19.6 Å². The van der Waals surface area contributed by atoms with E-state index < -0.39 is 0 Å². The molecule has 0 amide bonds. The number of rotatable bonds is 6. The normalized spacial score (nSPS) is 12.2. The van der Waals surface area contributed by atoms with Crippen molar-refractivity contribution in [3.63, 3.8) is 0 Å². The molecule has 0 saturated carbocycles. The Morgan fingerprint density at radius 3 is 2.94 bits per heavy atom. The van der Waals surface area contributed by atoms with Gasteiger partial charge in [0.25, 0.3) is 0 Å². The molecule has 0 heterocycles. The molecule has 1 atom stereocenters. The molecule has 1 N–H and O–H groups in total. The first-order valence-electron chi connectivity index (χ1n) is 5.45. The van der Waals surface area contributed by atoms with Crippen LogP contribution in [0.15, 0.2) is 30.9 Å². The van der Waals surface area contributed by atoms with Gasteiger partial charge in [-0.25, -0.2) is 4.39 Å². The van der Waals surface area contributed by atoms with Crippen molar-refractivity contribution >= 4 is 0 Å². The zero-order chi connectivity index (χ0) is 12.0. The highest BCUT2D eigenvalue weighted by atomic mass is 19.1. The zero-order valence-electron chi connectivity index (χ0n) is 9.79. The maximum Gasteiger partial charge on any atom is 0.124 e. The van der Waals surface area contributed by atoms with Crippen LogP contribution in [0.5, 0.6) is 5.75 Å². The highest BCUT2D eigenvalue weighted by molar-refractivity contribution is 5.34. The number of hydrogen-bond donors (Lipinski definition) is 1. The molecule has 1 unspecified atom stereocenters. The molecular formula is C13H18FNO. The molecule has 2 nitrogen and oxygen atoms in total. The summed E-state index contributed by atoms with van der Waals surface area (Å²) in [4.78, 5) is 0. The zero-order valence-corrected chi connectivity index (χ0v) is 9.79. The molecule has 0 aliphatic heterocycles. The molecule has 1 aromatic carbocycles. The molecule has 3 heteroatoms. The van der Waals surface area contributed by atoms with E-state index in [1.807, 2.05) is 13.8 Å². The number of hydrogen-bond acceptors (Lipinski definition) is 2. The van der Waals surface area contributed by atoms with Crippen molar-refractivity contribution in [2.75, 3.05) is 6.54 Å². The van der Waals surface area contributed by atoms with Gasteiger partial charge in [0.2, 0.25) is 0 Å². The van der Waals surface area contributed by atoms with E-state index in [-0.39, 0.29) is 11.9 Å². The van der Waals surface area contributed by atoms with Crippen molar-refractivity contribution in [1.29, 1.82) is 0 Å². The molecular weight excluding hydrogens is 205 g/mol. The second-order valence-electron chi connectivity index (χ2n) is 3.59. The van der Waals surface area contributed by atoms with Crippen LogP contribution in [-0.2, 0) is 6.54 Å². The summed E-state index contributed by atoms with van der Waals surface area (Å²) in [5, 5.41) is 3.15. The molecule has 16 heavy (non-hydrogen) atoms. The standard InChI is InChI=1S/C13H18FNO/c1-4-10(3)16-13-7-6-12(14)8-11(13)9-15-5-2/h4,6-8,10,15H,1,5,9H2,2-3H3. The minimum Gasteiger partial charge on any atom is -0.486 e. The predicted octanol–water partition coefficient (Wildman–Crippen LogP) is 2.89. The van der Waals surface area contributed by atoms with Crippen LogP contribution in [0.1, 0.15) is 19.4 Å². The summed E-state index contributed by atoms with van der Waals surface area (Å²) in [6.07, 6.45) is 1.63. The second-order valence-corrected chi connectivity index (χ2v) is 3.59. The number of nitrogens with one attached hydrogen (secondary N) is 1. The number of ether oxygens (including phenoxy) is 1. The van der Waals surface area contributed by atoms with Gasteiger partial charge in [-0.05, 0) is 31.7 Å². The summed E-state index contributed by atoms with van der Waals surface area (Å²) in [7, 11) is 0. The lowest BCUT2D eigenvalue weighted by Crippen LogP contribution is -2.15. The maximum atomic E-state index is 13.1. The Balaban J connectivity index is 2.84. The van der Waals surface area contributed by atoms with Gasteiger partial charge >= 0.3 is 0 Å². The molecule has 0 spiro atoms. The Labute approximate surface area is 96.1 Å². The van der Waals surface area contributed by atoms with Crippen molar-refractivity contribution in [3.05, 3.63) is 42.2 Å². The van der Waals surface area contributed by atoms with E-state index in [1.54, 1.807) is 12.1 Å². The van der Waals surface area contributed by atoms with Gasteiger partial charge < -0.3 is 10.1 Å². The fraction of sp³-hybridized carbons (Fsp3) is 0.385. The van der Waals surface area contributed by atoms with Crippen LogP contribution in [0.2, 0.25) is 0 Å². The minimum absolute atomic E-state index is 0.0779. The van der Waals surface area contributed by atoms with Crippen LogP contribution in [0.4, 0.5) is 4.39 Å². The highest BCUT2D eigenvalue weighted by Crippen LogP contribution is 2.21. The van der Waals surface area contributed by atoms with Gasteiger partial charge in [-0.2, -0.15) is 0 Å². The lowest BCUT2D eigenvalue weighted by Gasteiger charge is -2.15. The quantitative estimate of drug-likeness (QED) is 0.749. The van der Waals surface area contributed by atoms with Gasteiger partial charge in [-0.3, -0.25) is 0 Å². The molecule has 0 radical (unpaired) electrons. The Bertz CT molecular complexity index is 352. The Kier molecular flexibility index (Phi) is 4.99. The monoisotopic (exact) mass is 223 g/mol. The van der Waals surface area contributed by atoms with Crippen LogP contribution in [-0.4, -0.2) is 12.6 Å². The summed E-state index contributed by atoms with van der Waals surface area (Å²) in [5.41, 5.74) is 0.829. The average molecular weight is 223 g/mol. The molecule has 0 aliphatic carbocycles. The van der Waals surface area contributed by atoms with E-state index in [0.29, 0.717) is 12.3 Å². The SMILES string of the molecule is C=CC(C)Oc1ccc(F)cc1CNCC. The summed E-state index contributed by atoms with van der Waals surface area (Å²) < 4.78 is 18.7. The van der Waals surface area contributed by atoms with Crippen LogP contribution < -0.4 is 10.1 Å². The van der Waals surface area contributed by atoms with E-state index in [1.165, 1.54) is 12.1 Å². The van der Waals surface area contributed by atoms with Crippen molar-refractivity contribution in [3.8, 4) is 5.75 Å². The van der Waals surface area contributed by atoms with Crippen LogP contribution in [0.25, 0.3) is 0 Å². The summed E-state index contributed by atoms with van der Waals surface area (Å²) in [6.45, 7) is 9.00. The fourth-order valence-electron chi connectivity index (χ4n) is 1.31. The summed E-state index contributed by atoms with van der Waals surface area (Å²) in [6, 6.07) is 4.55. The highest BCUT2D eigenvalue weighted by Gasteiger charge is 2.07. The lowest BCUT2D eigenvalue weighted by molar-refractivity contribution is 0.266. The topological polar surface area (TPSA) is 21.3 Å². The van der Waals surface area contributed by atoms with E-state index >= 15 is 0 Å². The Morgan fingerprint density at radius 2 is 2.31 bits per heavy atom. The van der Waals surface area contributed by atoms with Crippen molar-refractivity contribution < 1.29 is 9.13 Å². The lowest BCUT2D eigenvalue weighted by atomic mass is 10.2. The smallest absolute Gasteiger partial charge is 0.124 e. The first kappa shape index (κ1) is 12.7. The van der Waals surface area contributed by atoms with Crippen molar-refractivity contribution in [2.45, 2.75) is 26.5 Å². The van der Waals surface area contributed by atoms with Gasteiger partial charge in [0.05, 0.1) is 0 Å². The first-order valence-corrected chi connectivity index (χ1v) is 5.45. The molecule has 0 bridgehead atoms. The van der Waals surface area contributed by atoms with Gasteiger partial charge in [0.1, 0.15) is 17.7 Å². The third-order valence-corrected chi connectivity index (χ3v) is 2.23.